The molecule has 0 heterocycles. The number of halogens is 5. The van der Waals surface area contributed by atoms with Crippen molar-refractivity contribution in [2.45, 2.75) is 6.18 Å². The molecule has 3 aromatic rings. The van der Waals surface area contributed by atoms with E-state index in [1.54, 1.807) is 0 Å². The Morgan fingerprint density at radius 1 is 0.909 bits per heavy atom. The molecule has 0 atom stereocenters. The van der Waals surface area contributed by atoms with E-state index in [2.05, 4.69) is 10.6 Å². The van der Waals surface area contributed by atoms with Crippen molar-refractivity contribution in [1.29, 1.82) is 5.26 Å². The fourth-order valence-electron chi connectivity index (χ4n) is 2.88. The Balaban J connectivity index is 2.05. The largest absolute Gasteiger partial charge is 0.478 e. The lowest BCUT2D eigenvalue weighted by atomic mass is 10.1. The Labute approximate surface area is 195 Å². The molecule has 3 aromatic carbocycles. The quantitative estimate of drug-likeness (QED) is 0.372. The lowest BCUT2D eigenvalue weighted by Gasteiger charge is -2.17. The van der Waals surface area contributed by atoms with Crippen LogP contribution in [0.4, 0.5) is 30.2 Å². The molecule has 33 heavy (non-hydrogen) atoms. The number of carboxylic acid groups (broad SMARTS) is 1. The van der Waals surface area contributed by atoms with Crippen molar-refractivity contribution in [2.24, 2.45) is 0 Å². The van der Waals surface area contributed by atoms with Crippen molar-refractivity contribution in [3.63, 3.8) is 0 Å². The van der Waals surface area contributed by atoms with Gasteiger partial charge in [0.25, 0.3) is 5.91 Å². The number of nitriles is 1. The Morgan fingerprint density at radius 2 is 1.52 bits per heavy atom. The molecule has 0 radical (unpaired) electrons. The summed E-state index contributed by atoms with van der Waals surface area (Å²) >= 11 is 11.9. The van der Waals surface area contributed by atoms with Crippen LogP contribution in [0, 0.1) is 11.3 Å². The number of hydrogen-bond acceptors (Lipinski definition) is 4. The molecule has 3 rings (SSSR count). The van der Waals surface area contributed by atoms with E-state index in [9.17, 15) is 27.9 Å². The van der Waals surface area contributed by atoms with Crippen LogP contribution in [0.1, 0.15) is 31.8 Å². The number of anilines is 3. The Kier molecular flexibility index (Phi) is 6.81. The maximum Gasteiger partial charge on any atom is 0.416 e. The predicted molar refractivity (Wildman–Crippen MR) is 117 cm³/mol. The summed E-state index contributed by atoms with van der Waals surface area (Å²) in [6.45, 7) is 0. The highest BCUT2D eigenvalue weighted by molar-refractivity contribution is 6.39. The van der Waals surface area contributed by atoms with Crippen LogP contribution in [0.2, 0.25) is 10.0 Å². The first-order chi connectivity index (χ1) is 15.5. The van der Waals surface area contributed by atoms with E-state index in [-0.39, 0.29) is 21.4 Å². The average molecular weight is 494 g/mol. The molecule has 1 amide bonds. The van der Waals surface area contributed by atoms with Gasteiger partial charge in [-0.1, -0.05) is 23.2 Å². The van der Waals surface area contributed by atoms with Gasteiger partial charge in [-0.2, -0.15) is 18.4 Å². The van der Waals surface area contributed by atoms with Crippen LogP contribution < -0.4 is 10.6 Å². The summed E-state index contributed by atoms with van der Waals surface area (Å²) in [6.07, 6.45) is -4.70. The summed E-state index contributed by atoms with van der Waals surface area (Å²) in [5.41, 5.74) is -1.54. The predicted octanol–water partition coefficient (Wildman–Crippen LogP) is 6.58. The fraction of sp³-hybridized carbons (Fsp3) is 0.0455. The third-order valence-corrected chi connectivity index (χ3v) is 5.06. The number of rotatable bonds is 5. The van der Waals surface area contributed by atoms with E-state index in [1.807, 2.05) is 6.07 Å². The number of alkyl halides is 3. The van der Waals surface area contributed by atoms with Crippen molar-refractivity contribution < 1.29 is 27.9 Å². The van der Waals surface area contributed by atoms with Crippen LogP contribution in [0.15, 0.2) is 54.6 Å². The van der Waals surface area contributed by atoms with Gasteiger partial charge in [0.15, 0.2) is 0 Å². The molecule has 0 spiro atoms. The maximum absolute atomic E-state index is 13.3. The summed E-state index contributed by atoms with van der Waals surface area (Å²) < 4.78 is 39.8. The second-order valence-electron chi connectivity index (χ2n) is 6.61. The highest BCUT2D eigenvalue weighted by Crippen LogP contribution is 2.36. The molecule has 11 heteroatoms. The minimum atomic E-state index is -4.70. The number of aromatic carboxylic acids is 1. The monoisotopic (exact) mass is 493 g/mol. The highest BCUT2D eigenvalue weighted by atomic mass is 35.5. The van der Waals surface area contributed by atoms with Gasteiger partial charge in [-0.05, 0) is 54.6 Å². The molecule has 0 aliphatic heterocycles. The molecule has 3 N–H and O–H groups in total. The zero-order valence-corrected chi connectivity index (χ0v) is 17.8. The zero-order chi connectivity index (χ0) is 24.3. The molecule has 0 bridgehead atoms. The summed E-state index contributed by atoms with van der Waals surface area (Å²) in [7, 11) is 0. The fourth-order valence-corrected chi connectivity index (χ4v) is 3.37. The third-order valence-electron chi connectivity index (χ3n) is 4.43. The highest BCUT2D eigenvalue weighted by Gasteiger charge is 2.32. The summed E-state index contributed by atoms with van der Waals surface area (Å²) in [5, 5.41) is 22.9. The molecule has 0 aliphatic rings. The Morgan fingerprint density at radius 3 is 2.06 bits per heavy atom. The smallest absolute Gasteiger partial charge is 0.416 e. The van der Waals surface area contributed by atoms with Gasteiger partial charge < -0.3 is 15.7 Å². The first-order valence-corrected chi connectivity index (χ1v) is 9.78. The topological polar surface area (TPSA) is 102 Å². The van der Waals surface area contributed by atoms with Gasteiger partial charge in [-0.15, -0.1) is 0 Å². The number of amides is 1. The van der Waals surface area contributed by atoms with Gasteiger partial charge in [-0.25, -0.2) is 4.79 Å². The van der Waals surface area contributed by atoms with E-state index in [1.165, 1.54) is 36.4 Å². The van der Waals surface area contributed by atoms with E-state index in [0.717, 1.165) is 12.1 Å². The van der Waals surface area contributed by atoms with E-state index in [0.29, 0.717) is 17.3 Å². The van der Waals surface area contributed by atoms with Crippen LogP contribution in [-0.4, -0.2) is 17.0 Å². The normalized spacial score (nSPS) is 10.9. The molecular formula is C22H12Cl2F3N3O3. The molecule has 0 saturated heterocycles. The summed E-state index contributed by atoms with van der Waals surface area (Å²) in [5.74, 6) is -2.60. The van der Waals surface area contributed by atoms with Crippen LogP contribution >= 0.6 is 23.2 Å². The van der Waals surface area contributed by atoms with Crippen molar-refractivity contribution in [3.05, 3.63) is 86.9 Å². The van der Waals surface area contributed by atoms with Crippen LogP contribution in [0.3, 0.4) is 0 Å². The molecule has 0 saturated carbocycles. The molecule has 6 nitrogen and oxygen atoms in total. The standard InChI is InChI=1S/C22H12Cl2F3N3O3/c23-14-6-7-15(24)19(21(32)33)18(14)20(31)30-17-9-12(22(25,26)27)3-8-16(17)29-13-4-1-11(10-28)2-5-13/h1-9,29H,(H,30,31)(H,32,33). The van der Waals surface area contributed by atoms with E-state index >= 15 is 0 Å². The first kappa shape index (κ1) is 23.9. The average Bonchev–Trinajstić information content (AvgIpc) is 2.75. The maximum atomic E-state index is 13.3. The number of carbonyl (C=O) groups is 2. The lowest BCUT2D eigenvalue weighted by molar-refractivity contribution is -0.137. The summed E-state index contributed by atoms with van der Waals surface area (Å²) in [6, 6.07) is 13.0. The van der Waals surface area contributed by atoms with Crippen molar-refractivity contribution in [3.8, 4) is 6.07 Å². The van der Waals surface area contributed by atoms with Gasteiger partial charge in [-0.3, -0.25) is 4.79 Å². The van der Waals surface area contributed by atoms with E-state index in [4.69, 9.17) is 28.5 Å². The molecule has 0 unspecified atom stereocenters. The van der Waals surface area contributed by atoms with Crippen molar-refractivity contribution in [2.75, 3.05) is 10.6 Å². The molecule has 0 fully saturated rings. The molecular weight excluding hydrogens is 482 g/mol. The van der Waals surface area contributed by atoms with Crippen molar-refractivity contribution >= 4 is 52.1 Å². The summed E-state index contributed by atoms with van der Waals surface area (Å²) in [4.78, 5) is 24.5. The van der Waals surface area contributed by atoms with Crippen molar-refractivity contribution in [1.82, 2.24) is 0 Å². The first-order valence-electron chi connectivity index (χ1n) is 9.02. The van der Waals surface area contributed by atoms with Gasteiger partial charge >= 0.3 is 12.1 Å². The SMILES string of the molecule is N#Cc1ccc(Nc2ccc(C(F)(F)F)cc2NC(=O)c2c(Cl)ccc(Cl)c2C(=O)O)cc1. The Bertz CT molecular complexity index is 1290. The van der Waals surface area contributed by atoms with E-state index < -0.39 is 34.7 Å². The second kappa shape index (κ2) is 9.40. The van der Waals surface area contributed by atoms with Gasteiger partial charge in [0.2, 0.25) is 0 Å². The molecule has 168 valence electrons. The third kappa shape index (κ3) is 5.37. The number of nitrogens with one attached hydrogen (secondary N) is 2. The Hall–Kier alpha value is -3.74. The number of carbonyl (C=O) groups excluding carboxylic acids is 1. The van der Waals surface area contributed by atoms with Crippen LogP contribution in [-0.2, 0) is 6.18 Å². The molecule has 0 aliphatic carbocycles. The van der Waals surface area contributed by atoms with Gasteiger partial charge in [0.05, 0.1) is 49.7 Å². The van der Waals surface area contributed by atoms with Crippen LogP contribution in [0.25, 0.3) is 0 Å². The number of carboxylic acids is 1. The minimum absolute atomic E-state index is 0.0797. The molecule has 0 aromatic heterocycles. The number of hydrogen-bond donors (Lipinski definition) is 3. The second-order valence-corrected chi connectivity index (χ2v) is 7.43. The minimum Gasteiger partial charge on any atom is -0.478 e. The number of nitrogens with zero attached hydrogens (tertiary/aromatic N) is 1. The van der Waals surface area contributed by atoms with Gasteiger partial charge in [0.1, 0.15) is 0 Å². The van der Waals surface area contributed by atoms with Crippen LogP contribution in [0.5, 0.6) is 0 Å². The lowest BCUT2D eigenvalue weighted by Crippen LogP contribution is -2.19. The zero-order valence-electron chi connectivity index (χ0n) is 16.3. The van der Waals surface area contributed by atoms with Gasteiger partial charge in [0, 0.05) is 5.69 Å². The number of benzene rings is 3.